The topological polar surface area (TPSA) is 72.5 Å². The van der Waals surface area contributed by atoms with E-state index in [4.69, 9.17) is 0 Å². The molecule has 0 radical (unpaired) electrons. The number of ketones is 1. The van der Waals surface area contributed by atoms with Crippen LogP contribution in [0.3, 0.4) is 0 Å². The fraction of sp³-hybridized carbons (Fsp3) is 0.278. The van der Waals surface area contributed by atoms with Gasteiger partial charge in [0.2, 0.25) is 5.91 Å². The van der Waals surface area contributed by atoms with E-state index in [2.05, 4.69) is 10.1 Å². The number of carbonyl (C=O) groups is 3. The van der Waals surface area contributed by atoms with Gasteiger partial charge in [0.25, 0.3) is 0 Å². The Balaban J connectivity index is 1.97. The molecule has 1 amide bonds. The molecule has 132 valence electrons. The van der Waals surface area contributed by atoms with Crippen LogP contribution in [0.5, 0.6) is 0 Å². The third-order valence-electron chi connectivity index (χ3n) is 3.58. The van der Waals surface area contributed by atoms with Gasteiger partial charge in [0, 0.05) is 12.8 Å². The maximum absolute atomic E-state index is 13.1. The number of methoxy groups -OCH3 is 1. The van der Waals surface area contributed by atoms with Gasteiger partial charge in [0.1, 0.15) is 5.82 Å². The summed E-state index contributed by atoms with van der Waals surface area (Å²) in [7, 11) is 1.26. The number of hydrogen-bond donors (Lipinski definition) is 1. The van der Waals surface area contributed by atoms with Crippen LogP contribution in [0, 0.1) is 5.82 Å². The number of thiophene rings is 1. The van der Waals surface area contributed by atoms with Gasteiger partial charge in [-0.3, -0.25) is 14.4 Å². The van der Waals surface area contributed by atoms with Crippen molar-refractivity contribution in [2.45, 2.75) is 25.3 Å². The molecule has 0 spiro atoms. The van der Waals surface area contributed by atoms with Gasteiger partial charge in [-0.2, -0.15) is 0 Å². The highest BCUT2D eigenvalue weighted by Gasteiger charge is 2.20. The normalized spacial score (nSPS) is 11.6. The van der Waals surface area contributed by atoms with Gasteiger partial charge in [0.15, 0.2) is 5.78 Å². The maximum atomic E-state index is 13.1. The number of ether oxygens (including phenoxy) is 1. The molecular weight excluding hydrogens is 345 g/mol. The van der Waals surface area contributed by atoms with E-state index >= 15 is 0 Å². The van der Waals surface area contributed by atoms with E-state index in [1.165, 1.54) is 42.7 Å². The quantitative estimate of drug-likeness (QED) is 0.577. The molecule has 1 aromatic carbocycles. The van der Waals surface area contributed by atoms with Gasteiger partial charge >= 0.3 is 5.97 Å². The Morgan fingerprint density at radius 1 is 1.16 bits per heavy atom. The molecule has 0 bridgehead atoms. The second kappa shape index (κ2) is 9.08. The minimum atomic E-state index is -0.641. The SMILES string of the molecule is COC(=O)CC(NC(=O)CCC(=O)c1cccs1)c1ccc(F)cc1. The fourth-order valence-corrected chi connectivity index (χ4v) is 2.95. The van der Waals surface area contributed by atoms with Crippen LogP contribution < -0.4 is 5.32 Å². The molecule has 0 saturated carbocycles. The molecule has 25 heavy (non-hydrogen) atoms. The molecular formula is C18H18FNO4S. The lowest BCUT2D eigenvalue weighted by Gasteiger charge is -2.18. The number of carbonyl (C=O) groups excluding carboxylic acids is 3. The van der Waals surface area contributed by atoms with Gasteiger partial charge in [0.05, 0.1) is 24.4 Å². The standard InChI is InChI=1S/C18H18FNO4S/c1-24-18(23)11-14(12-4-6-13(19)7-5-12)20-17(22)9-8-15(21)16-3-2-10-25-16/h2-7,10,14H,8-9,11H2,1H3,(H,20,22). The van der Waals surface area contributed by atoms with Crippen LogP contribution in [0.25, 0.3) is 0 Å². The number of nitrogens with one attached hydrogen (secondary N) is 1. The highest BCUT2D eigenvalue weighted by molar-refractivity contribution is 7.12. The summed E-state index contributed by atoms with van der Waals surface area (Å²) in [6.07, 6.45) is 0.0169. The third kappa shape index (κ3) is 5.79. The first-order valence-corrected chi connectivity index (χ1v) is 8.56. The van der Waals surface area contributed by atoms with Gasteiger partial charge < -0.3 is 10.1 Å². The minimum Gasteiger partial charge on any atom is -0.469 e. The largest absolute Gasteiger partial charge is 0.469 e. The smallest absolute Gasteiger partial charge is 0.307 e. The van der Waals surface area contributed by atoms with Crippen molar-refractivity contribution in [3.8, 4) is 0 Å². The molecule has 2 aromatic rings. The van der Waals surface area contributed by atoms with Crippen LogP contribution >= 0.6 is 11.3 Å². The second-order valence-electron chi connectivity index (χ2n) is 5.35. The number of Topliss-reactive ketones (excluding diaryl/α,β-unsaturated/α-hetero) is 1. The number of esters is 1. The van der Waals surface area contributed by atoms with E-state index in [-0.39, 0.29) is 31.0 Å². The number of halogens is 1. The Labute approximate surface area is 148 Å². The molecule has 7 heteroatoms. The molecule has 1 atom stereocenters. The number of rotatable bonds is 8. The molecule has 2 rings (SSSR count). The van der Waals surface area contributed by atoms with E-state index in [1.807, 2.05) is 0 Å². The first-order chi connectivity index (χ1) is 12.0. The van der Waals surface area contributed by atoms with E-state index in [9.17, 15) is 18.8 Å². The Morgan fingerprint density at radius 2 is 1.88 bits per heavy atom. The van der Waals surface area contributed by atoms with Crippen LogP contribution in [-0.2, 0) is 14.3 Å². The Kier molecular flexibility index (Phi) is 6.82. The van der Waals surface area contributed by atoms with Gasteiger partial charge in [-0.05, 0) is 29.1 Å². The van der Waals surface area contributed by atoms with Crippen molar-refractivity contribution in [1.29, 1.82) is 0 Å². The van der Waals surface area contributed by atoms with Crippen LogP contribution in [0.2, 0.25) is 0 Å². The van der Waals surface area contributed by atoms with Crippen molar-refractivity contribution in [1.82, 2.24) is 5.32 Å². The van der Waals surface area contributed by atoms with E-state index in [0.717, 1.165) is 0 Å². The van der Waals surface area contributed by atoms with E-state index < -0.39 is 17.8 Å². The van der Waals surface area contributed by atoms with E-state index in [0.29, 0.717) is 10.4 Å². The maximum Gasteiger partial charge on any atom is 0.307 e. The molecule has 1 heterocycles. The molecule has 0 aliphatic carbocycles. The van der Waals surface area contributed by atoms with Crippen LogP contribution in [-0.4, -0.2) is 24.8 Å². The lowest BCUT2D eigenvalue weighted by Crippen LogP contribution is -2.30. The number of benzene rings is 1. The molecule has 1 N–H and O–H groups in total. The highest BCUT2D eigenvalue weighted by Crippen LogP contribution is 2.19. The first-order valence-electron chi connectivity index (χ1n) is 7.68. The Bertz CT molecular complexity index is 728. The predicted molar refractivity (Wildman–Crippen MR) is 91.8 cm³/mol. The second-order valence-corrected chi connectivity index (χ2v) is 6.30. The summed E-state index contributed by atoms with van der Waals surface area (Å²) in [4.78, 5) is 36.3. The summed E-state index contributed by atoms with van der Waals surface area (Å²) in [6, 6.07) is 8.36. The van der Waals surface area contributed by atoms with Gasteiger partial charge in [-0.25, -0.2) is 4.39 Å². The Morgan fingerprint density at radius 3 is 2.48 bits per heavy atom. The average molecular weight is 363 g/mol. The van der Waals surface area contributed by atoms with Crippen molar-refractivity contribution >= 4 is 29.0 Å². The lowest BCUT2D eigenvalue weighted by molar-refractivity contribution is -0.141. The summed E-state index contributed by atoms with van der Waals surface area (Å²) in [5.74, 6) is -1.36. The predicted octanol–water partition coefficient (Wildman–Crippen LogP) is 3.27. The number of hydrogen-bond acceptors (Lipinski definition) is 5. The van der Waals surface area contributed by atoms with Crippen LogP contribution in [0.15, 0.2) is 41.8 Å². The van der Waals surface area contributed by atoms with Crippen LogP contribution in [0.1, 0.15) is 40.5 Å². The molecule has 0 aliphatic rings. The summed E-state index contributed by atoms with van der Waals surface area (Å²) in [5.41, 5.74) is 0.588. The third-order valence-corrected chi connectivity index (χ3v) is 4.49. The zero-order valence-electron chi connectivity index (χ0n) is 13.7. The molecule has 0 fully saturated rings. The zero-order valence-corrected chi connectivity index (χ0v) is 14.5. The summed E-state index contributed by atoms with van der Waals surface area (Å²) in [5, 5.41) is 4.51. The Hall–Kier alpha value is -2.54. The molecule has 1 aromatic heterocycles. The van der Waals surface area contributed by atoms with Crippen molar-refractivity contribution in [2.75, 3.05) is 7.11 Å². The van der Waals surface area contributed by atoms with Crippen LogP contribution in [0.4, 0.5) is 4.39 Å². The summed E-state index contributed by atoms with van der Waals surface area (Å²) in [6.45, 7) is 0. The summed E-state index contributed by atoms with van der Waals surface area (Å²) >= 11 is 1.33. The highest BCUT2D eigenvalue weighted by atomic mass is 32.1. The minimum absolute atomic E-state index is 0.00952. The van der Waals surface area contributed by atoms with Crippen molar-refractivity contribution in [2.24, 2.45) is 0 Å². The van der Waals surface area contributed by atoms with Crippen molar-refractivity contribution in [3.05, 3.63) is 58.0 Å². The monoisotopic (exact) mass is 363 g/mol. The number of amides is 1. The molecule has 5 nitrogen and oxygen atoms in total. The lowest BCUT2D eigenvalue weighted by atomic mass is 10.0. The van der Waals surface area contributed by atoms with Crippen molar-refractivity contribution < 1.29 is 23.5 Å². The van der Waals surface area contributed by atoms with E-state index in [1.54, 1.807) is 17.5 Å². The van der Waals surface area contributed by atoms with Gasteiger partial charge in [-0.1, -0.05) is 18.2 Å². The van der Waals surface area contributed by atoms with Crippen molar-refractivity contribution in [3.63, 3.8) is 0 Å². The van der Waals surface area contributed by atoms with Gasteiger partial charge in [-0.15, -0.1) is 11.3 Å². The molecule has 0 aliphatic heterocycles. The first kappa shape index (κ1) is 18.8. The summed E-state index contributed by atoms with van der Waals surface area (Å²) < 4.78 is 17.7. The molecule has 1 unspecified atom stereocenters. The molecule has 0 saturated heterocycles. The average Bonchev–Trinajstić information content (AvgIpc) is 3.14. The zero-order chi connectivity index (χ0) is 18.2. The fourth-order valence-electron chi connectivity index (χ4n) is 2.25.